The van der Waals surface area contributed by atoms with Crippen LogP contribution in [-0.4, -0.2) is 40.0 Å². The number of benzene rings is 1. The van der Waals surface area contributed by atoms with Crippen LogP contribution in [0.3, 0.4) is 0 Å². The maximum Gasteiger partial charge on any atom is 0.303 e. The fourth-order valence-corrected chi connectivity index (χ4v) is 3.37. The first-order valence-electron chi connectivity index (χ1n) is 8.18. The number of hydrogen-bond acceptors (Lipinski definition) is 2. The zero-order valence-corrected chi connectivity index (χ0v) is 13.1. The maximum atomic E-state index is 12.4. The lowest BCUT2D eigenvalue weighted by atomic mass is 9.93. The van der Waals surface area contributed by atoms with E-state index in [0.717, 1.165) is 24.8 Å². The smallest absolute Gasteiger partial charge is 0.303 e. The van der Waals surface area contributed by atoms with Gasteiger partial charge in [0.15, 0.2) is 0 Å². The zero-order valence-electron chi connectivity index (χ0n) is 13.1. The van der Waals surface area contributed by atoms with Crippen LogP contribution in [0, 0.1) is 5.92 Å². The van der Waals surface area contributed by atoms with Crippen molar-refractivity contribution in [2.24, 2.45) is 5.92 Å². The highest BCUT2D eigenvalue weighted by molar-refractivity contribution is 5.84. The summed E-state index contributed by atoms with van der Waals surface area (Å²) < 4.78 is 0. The van der Waals surface area contributed by atoms with Crippen LogP contribution >= 0.6 is 0 Å². The normalized spacial score (nSPS) is 15.9. The molecule has 1 saturated heterocycles. The van der Waals surface area contributed by atoms with Crippen LogP contribution < -0.4 is 0 Å². The van der Waals surface area contributed by atoms with Gasteiger partial charge in [0.1, 0.15) is 0 Å². The predicted molar refractivity (Wildman–Crippen MR) is 88.2 cm³/mol. The number of amides is 1. The number of aromatic nitrogens is 1. The lowest BCUT2D eigenvalue weighted by Gasteiger charge is -2.31. The minimum atomic E-state index is -0.742. The van der Waals surface area contributed by atoms with E-state index < -0.39 is 5.97 Å². The average Bonchev–Trinajstić information content (AvgIpc) is 2.96. The van der Waals surface area contributed by atoms with Crippen molar-refractivity contribution in [2.75, 3.05) is 13.1 Å². The second kappa shape index (κ2) is 6.86. The maximum absolute atomic E-state index is 12.4. The Bertz CT molecular complexity index is 699. The molecule has 1 aliphatic heterocycles. The van der Waals surface area contributed by atoms with Gasteiger partial charge in [-0.1, -0.05) is 18.2 Å². The molecule has 0 spiro atoms. The van der Waals surface area contributed by atoms with Gasteiger partial charge in [0.05, 0.1) is 0 Å². The standard InChI is InChI=1S/C18H22N2O3/c21-17(20-9-7-13(8-10-20)11-18(22)23)6-5-14-12-19-16-4-2-1-3-15(14)16/h1-4,12-13,19H,5-11H2,(H,22,23). The van der Waals surface area contributed by atoms with Crippen molar-refractivity contribution in [1.82, 2.24) is 9.88 Å². The fourth-order valence-electron chi connectivity index (χ4n) is 3.37. The highest BCUT2D eigenvalue weighted by atomic mass is 16.4. The largest absolute Gasteiger partial charge is 0.481 e. The van der Waals surface area contributed by atoms with Crippen molar-refractivity contribution in [3.63, 3.8) is 0 Å². The van der Waals surface area contributed by atoms with Crippen LogP contribution in [-0.2, 0) is 16.0 Å². The van der Waals surface area contributed by atoms with Crippen molar-refractivity contribution in [3.05, 3.63) is 36.0 Å². The first-order chi connectivity index (χ1) is 11.1. The van der Waals surface area contributed by atoms with E-state index in [0.29, 0.717) is 19.5 Å². The van der Waals surface area contributed by atoms with Gasteiger partial charge in [-0.3, -0.25) is 9.59 Å². The molecule has 1 amide bonds. The summed E-state index contributed by atoms with van der Waals surface area (Å²) in [4.78, 5) is 28.2. The van der Waals surface area contributed by atoms with Crippen molar-refractivity contribution in [3.8, 4) is 0 Å². The van der Waals surface area contributed by atoms with E-state index in [2.05, 4.69) is 11.1 Å². The minimum Gasteiger partial charge on any atom is -0.481 e. The number of carbonyl (C=O) groups excluding carboxylic acids is 1. The molecule has 122 valence electrons. The molecule has 0 aliphatic carbocycles. The van der Waals surface area contributed by atoms with Gasteiger partial charge in [0, 0.05) is 43.0 Å². The molecule has 5 nitrogen and oxygen atoms in total. The molecule has 1 fully saturated rings. The molecule has 3 rings (SSSR count). The lowest BCUT2D eigenvalue weighted by Crippen LogP contribution is -2.39. The molecule has 0 saturated carbocycles. The first-order valence-corrected chi connectivity index (χ1v) is 8.18. The Morgan fingerprint density at radius 3 is 2.70 bits per heavy atom. The number of carbonyl (C=O) groups is 2. The topological polar surface area (TPSA) is 73.4 Å². The van der Waals surface area contributed by atoms with E-state index in [9.17, 15) is 9.59 Å². The van der Waals surface area contributed by atoms with E-state index >= 15 is 0 Å². The summed E-state index contributed by atoms with van der Waals surface area (Å²) >= 11 is 0. The van der Waals surface area contributed by atoms with Gasteiger partial charge in [-0.15, -0.1) is 0 Å². The van der Waals surface area contributed by atoms with Crippen LogP contribution in [0.25, 0.3) is 10.9 Å². The SMILES string of the molecule is O=C(O)CC1CCN(C(=O)CCc2c[nH]c3ccccc23)CC1. The third-order valence-corrected chi connectivity index (χ3v) is 4.71. The number of aliphatic carboxylic acids is 1. The summed E-state index contributed by atoms with van der Waals surface area (Å²) in [6.45, 7) is 1.37. The van der Waals surface area contributed by atoms with Gasteiger partial charge in [0.25, 0.3) is 0 Å². The number of nitrogens with one attached hydrogen (secondary N) is 1. The molecule has 5 heteroatoms. The van der Waals surface area contributed by atoms with Crippen LogP contribution in [0.2, 0.25) is 0 Å². The number of piperidine rings is 1. The Kier molecular flexibility index (Phi) is 4.65. The molecular weight excluding hydrogens is 292 g/mol. The van der Waals surface area contributed by atoms with E-state index in [4.69, 9.17) is 5.11 Å². The summed E-state index contributed by atoms with van der Waals surface area (Å²) in [7, 11) is 0. The van der Waals surface area contributed by atoms with Gasteiger partial charge in [-0.2, -0.15) is 0 Å². The number of H-pyrrole nitrogens is 1. The van der Waals surface area contributed by atoms with Gasteiger partial charge in [-0.05, 0) is 36.8 Å². The molecular formula is C18H22N2O3. The third kappa shape index (κ3) is 3.73. The van der Waals surface area contributed by atoms with E-state index in [-0.39, 0.29) is 18.2 Å². The minimum absolute atomic E-state index is 0.170. The molecule has 0 unspecified atom stereocenters. The average molecular weight is 314 g/mol. The lowest BCUT2D eigenvalue weighted by molar-refractivity contribution is -0.138. The number of rotatable bonds is 5. The molecule has 23 heavy (non-hydrogen) atoms. The van der Waals surface area contributed by atoms with Crippen LogP contribution in [0.1, 0.15) is 31.2 Å². The first kappa shape index (κ1) is 15.6. The Morgan fingerprint density at radius 1 is 1.22 bits per heavy atom. The molecule has 2 N–H and O–H groups in total. The van der Waals surface area contributed by atoms with Crippen LogP contribution in [0.15, 0.2) is 30.5 Å². The van der Waals surface area contributed by atoms with Gasteiger partial charge >= 0.3 is 5.97 Å². The van der Waals surface area contributed by atoms with E-state index in [1.165, 1.54) is 10.9 Å². The quantitative estimate of drug-likeness (QED) is 0.891. The number of carboxylic acid groups (broad SMARTS) is 1. The van der Waals surface area contributed by atoms with Crippen LogP contribution in [0.5, 0.6) is 0 Å². The molecule has 0 bridgehead atoms. The number of aromatic amines is 1. The Balaban J connectivity index is 1.51. The monoisotopic (exact) mass is 314 g/mol. The second-order valence-electron chi connectivity index (χ2n) is 6.28. The number of aryl methyl sites for hydroxylation is 1. The highest BCUT2D eigenvalue weighted by Crippen LogP contribution is 2.22. The summed E-state index contributed by atoms with van der Waals surface area (Å²) in [5.41, 5.74) is 2.28. The van der Waals surface area contributed by atoms with Crippen molar-refractivity contribution < 1.29 is 14.7 Å². The summed E-state index contributed by atoms with van der Waals surface area (Å²) in [6, 6.07) is 8.11. The Morgan fingerprint density at radius 2 is 1.96 bits per heavy atom. The number of nitrogens with zero attached hydrogens (tertiary/aromatic N) is 1. The summed E-state index contributed by atoms with van der Waals surface area (Å²) in [5.74, 6) is -0.358. The predicted octanol–water partition coefficient (Wildman–Crippen LogP) is 2.81. The van der Waals surface area contributed by atoms with Crippen molar-refractivity contribution in [1.29, 1.82) is 0 Å². The Labute approximate surface area is 135 Å². The van der Waals surface area contributed by atoms with Crippen molar-refractivity contribution >= 4 is 22.8 Å². The van der Waals surface area contributed by atoms with E-state index in [1.807, 2.05) is 29.3 Å². The van der Waals surface area contributed by atoms with Gasteiger partial charge in [0.2, 0.25) is 5.91 Å². The molecule has 1 aromatic heterocycles. The van der Waals surface area contributed by atoms with Gasteiger partial charge < -0.3 is 15.0 Å². The summed E-state index contributed by atoms with van der Waals surface area (Å²) in [6.07, 6.45) is 5.04. The number of carboxylic acids is 1. The molecule has 2 heterocycles. The fraction of sp³-hybridized carbons (Fsp3) is 0.444. The highest BCUT2D eigenvalue weighted by Gasteiger charge is 2.24. The van der Waals surface area contributed by atoms with E-state index in [1.54, 1.807) is 0 Å². The third-order valence-electron chi connectivity index (χ3n) is 4.71. The zero-order chi connectivity index (χ0) is 16.2. The van der Waals surface area contributed by atoms with Crippen LogP contribution in [0.4, 0.5) is 0 Å². The van der Waals surface area contributed by atoms with Gasteiger partial charge in [-0.25, -0.2) is 0 Å². The summed E-state index contributed by atoms with van der Waals surface area (Å²) in [5, 5.41) is 10.0. The molecule has 1 aliphatic rings. The van der Waals surface area contributed by atoms with Crippen molar-refractivity contribution in [2.45, 2.75) is 32.1 Å². The molecule has 1 aromatic carbocycles. The molecule has 0 atom stereocenters. The number of likely N-dealkylation sites (tertiary alicyclic amines) is 1. The second-order valence-corrected chi connectivity index (χ2v) is 6.28. The Hall–Kier alpha value is -2.30. The number of hydrogen-bond donors (Lipinski definition) is 2. The number of fused-ring (bicyclic) bond motifs is 1. The molecule has 2 aromatic rings. The molecule has 0 radical (unpaired) electrons. The number of para-hydroxylation sites is 1.